The van der Waals surface area contributed by atoms with Gasteiger partial charge in [-0.05, 0) is 54.5 Å². The second kappa shape index (κ2) is 8.01. The Balaban J connectivity index is 2.10. The Morgan fingerprint density at radius 3 is 2.08 bits per heavy atom. The van der Waals surface area contributed by atoms with Crippen LogP contribution >= 0.6 is 0 Å². The maximum absolute atomic E-state index is 13.2. The second-order valence-electron chi connectivity index (χ2n) is 5.90. The molecule has 1 nitrogen and oxygen atoms in total. The SMILES string of the molecule is CCCCc1ccc(CCc2ccc(C#N)cc2C(F)(F)F)cc1. The molecule has 2 aromatic carbocycles. The van der Waals surface area contributed by atoms with Gasteiger partial charge in [0.1, 0.15) is 0 Å². The number of halogens is 3. The van der Waals surface area contributed by atoms with E-state index in [0.29, 0.717) is 12.8 Å². The van der Waals surface area contributed by atoms with E-state index in [1.54, 1.807) is 6.07 Å². The molecule has 0 fully saturated rings. The first kappa shape index (κ1) is 18.1. The number of rotatable bonds is 6. The molecule has 126 valence electrons. The van der Waals surface area contributed by atoms with E-state index in [-0.39, 0.29) is 11.1 Å². The largest absolute Gasteiger partial charge is 0.416 e. The number of hydrogen-bond donors (Lipinski definition) is 0. The Morgan fingerprint density at radius 2 is 1.54 bits per heavy atom. The molecule has 0 atom stereocenters. The van der Waals surface area contributed by atoms with Crippen molar-refractivity contribution in [2.75, 3.05) is 0 Å². The van der Waals surface area contributed by atoms with E-state index < -0.39 is 11.7 Å². The fourth-order valence-corrected chi connectivity index (χ4v) is 2.66. The first-order chi connectivity index (χ1) is 11.4. The number of nitrogens with zero attached hydrogens (tertiary/aromatic N) is 1. The quantitative estimate of drug-likeness (QED) is 0.665. The molecule has 0 radical (unpaired) electrons. The minimum atomic E-state index is -4.44. The molecular formula is C20H20F3N. The van der Waals surface area contributed by atoms with Crippen LogP contribution in [-0.4, -0.2) is 0 Å². The first-order valence-electron chi connectivity index (χ1n) is 8.12. The zero-order valence-corrected chi connectivity index (χ0v) is 13.7. The minimum Gasteiger partial charge on any atom is -0.192 e. The predicted octanol–water partition coefficient (Wildman–Crippen LogP) is 5.70. The highest BCUT2D eigenvalue weighted by Crippen LogP contribution is 2.33. The van der Waals surface area contributed by atoms with Gasteiger partial charge < -0.3 is 0 Å². The fraction of sp³-hybridized carbons (Fsp3) is 0.350. The van der Waals surface area contributed by atoms with Crippen LogP contribution < -0.4 is 0 Å². The van der Waals surface area contributed by atoms with E-state index in [4.69, 9.17) is 5.26 Å². The van der Waals surface area contributed by atoms with Crippen molar-refractivity contribution >= 4 is 0 Å². The lowest BCUT2D eigenvalue weighted by molar-refractivity contribution is -0.138. The summed E-state index contributed by atoms with van der Waals surface area (Å²) in [5.74, 6) is 0. The van der Waals surface area contributed by atoms with Gasteiger partial charge in [0.05, 0.1) is 17.2 Å². The Bertz CT molecular complexity index is 709. The van der Waals surface area contributed by atoms with Gasteiger partial charge in [-0.25, -0.2) is 0 Å². The van der Waals surface area contributed by atoms with E-state index in [0.717, 1.165) is 30.9 Å². The monoisotopic (exact) mass is 331 g/mol. The van der Waals surface area contributed by atoms with Crippen LogP contribution in [0.1, 0.15) is 47.6 Å². The molecule has 0 saturated heterocycles. The van der Waals surface area contributed by atoms with E-state index >= 15 is 0 Å². The van der Waals surface area contributed by atoms with E-state index in [9.17, 15) is 13.2 Å². The standard InChI is InChI=1S/C20H20F3N/c1-2-3-4-15-5-7-16(8-6-15)9-11-18-12-10-17(14-24)13-19(18)20(21,22)23/h5-8,10,12-13H,2-4,9,11H2,1H3. The van der Waals surface area contributed by atoms with Gasteiger partial charge in [0.25, 0.3) is 0 Å². The molecule has 2 rings (SSSR count). The zero-order chi connectivity index (χ0) is 17.6. The number of alkyl halides is 3. The highest BCUT2D eigenvalue weighted by molar-refractivity contribution is 5.40. The smallest absolute Gasteiger partial charge is 0.192 e. The van der Waals surface area contributed by atoms with Gasteiger partial charge in [-0.2, -0.15) is 18.4 Å². The second-order valence-corrected chi connectivity index (χ2v) is 5.90. The number of benzene rings is 2. The molecule has 0 spiro atoms. The molecule has 0 amide bonds. The van der Waals surface area contributed by atoms with Gasteiger partial charge in [0.15, 0.2) is 0 Å². The Morgan fingerprint density at radius 1 is 0.917 bits per heavy atom. The molecule has 0 aliphatic heterocycles. The van der Waals surface area contributed by atoms with Gasteiger partial charge in [-0.15, -0.1) is 0 Å². The lowest BCUT2D eigenvalue weighted by atomic mass is 9.97. The summed E-state index contributed by atoms with van der Waals surface area (Å²) < 4.78 is 39.5. The van der Waals surface area contributed by atoms with Crippen LogP contribution in [0.2, 0.25) is 0 Å². The van der Waals surface area contributed by atoms with Crippen molar-refractivity contribution in [1.82, 2.24) is 0 Å². The summed E-state index contributed by atoms with van der Waals surface area (Å²) in [6, 6.07) is 13.6. The summed E-state index contributed by atoms with van der Waals surface area (Å²) in [6.07, 6.45) is -0.283. The van der Waals surface area contributed by atoms with Gasteiger partial charge in [0, 0.05) is 0 Å². The van der Waals surface area contributed by atoms with Crippen LogP contribution in [-0.2, 0) is 25.4 Å². The lowest BCUT2D eigenvalue weighted by Crippen LogP contribution is -2.10. The van der Waals surface area contributed by atoms with Crippen LogP contribution in [0.15, 0.2) is 42.5 Å². The average Bonchev–Trinajstić information content (AvgIpc) is 2.58. The topological polar surface area (TPSA) is 23.8 Å². The highest BCUT2D eigenvalue weighted by Gasteiger charge is 2.33. The van der Waals surface area contributed by atoms with E-state index in [1.165, 1.54) is 17.7 Å². The van der Waals surface area contributed by atoms with Crippen molar-refractivity contribution in [3.63, 3.8) is 0 Å². The molecule has 0 aliphatic rings. The third-order valence-corrected chi connectivity index (χ3v) is 4.07. The molecule has 0 saturated carbocycles. The maximum Gasteiger partial charge on any atom is 0.416 e. The number of unbranched alkanes of at least 4 members (excludes halogenated alkanes) is 1. The molecule has 0 N–H and O–H groups in total. The summed E-state index contributed by atoms with van der Waals surface area (Å²) in [4.78, 5) is 0. The van der Waals surface area contributed by atoms with E-state index in [2.05, 4.69) is 19.1 Å². The van der Waals surface area contributed by atoms with Crippen LogP contribution in [0.25, 0.3) is 0 Å². The molecule has 24 heavy (non-hydrogen) atoms. The summed E-state index contributed by atoms with van der Waals surface area (Å²) in [5.41, 5.74) is 1.84. The van der Waals surface area contributed by atoms with Crippen LogP contribution in [0.5, 0.6) is 0 Å². The van der Waals surface area contributed by atoms with Gasteiger partial charge in [-0.1, -0.05) is 43.7 Å². The van der Waals surface area contributed by atoms with Gasteiger partial charge >= 0.3 is 6.18 Å². The molecule has 0 aromatic heterocycles. The van der Waals surface area contributed by atoms with Crippen molar-refractivity contribution in [3.05, 3.63) is 70.3 Å². The van der Waals surface area contributed by atoms with Crippen molar-refractivity contribution in [3.8, 4) is 6.07 Å². The van der Waals surface area contributed by atoms with E-state index in [1.807, 2.05) is 12.1 Å². The van der Waals surface area contributed by atoms with Crippen LogP contribution in [0.4, 0.5) is 13.2 Å². The van der Waals surface area contributed by atoms with Crippen LogP contribution in [0.3, 0.4) is 0 Å². The van der Waals surface area contributed by atoms with Crippen molar-refractivity contribution in [1.29, 1.82) is 5.26 Å². The van der Waals surface area contributed by atoms with Crippen molar-refractivity contribution in [2.45, 2.75) is 45.2 Å². The molecule has 4 heteroatoms. The number of aryl methyl sites for hydroxylation is 3. The third kappa shape index (κ3) is 4.86. The molecule has 0 unspecified atom stereocenters. The summed E-state index contributed by atoms with van der Waals surface area (Å²) in [7, 11) is 0. The number of hydrogen-bond acceptors (Lipinski definition) is 1. The molecular weight excluding hydrogens is 311 g/mol. The Kier molecular flexibility index (Phi) is 6.03. The minimum absolute atomic E-state index is 0.0337. The predicted molar refractivity (Wildman–Crippen MR) is 88.6 cm³/mol. The molecule has 0 heterocycles. The average molecular weight is 331 g/mol. The Labute approximate surface area is 140 Å². The van der Waals surface area contributed by atoms with Crippen molar-refractivity contribution < 1.29 is 13.2 Å². The molecule has 0 aliphatic carbocycles. The molecule has 0 bridgehead atoms. The Hall–Kier alpha value is -2.28. The highest BCUT2D eigenvalue weighted by atomic mass is 19.4. The lowest BCUT2D eigenvalue weighted by Gasteiger charge is -2.13. The first-order valence-corrected chi connectivity index (χ1v) is 8.12. The normalized spacial score (nSPS) is 11.3. The zero-order valence-electron chi connectivity index (χ0n) is 13.7. The number of nitriles is 1. The van der Waals surface area contributed by atoms with Crippen molar-refractivity contribution in [2.24, 2.45) is 0 Å². The summed E-state index contributed by atoms with van der Waals surface area (Å²) >= 11 is 0. The third-order valence-electron chi connectivity index (χ3n) is 4.07. The maximum atomic E-state index is 13.2. The fourth-order valence-electron chi connectivity index (χ4n) is 2.66. The molecule has 2 aromatic rings. The summed E-state index contributed by atoms with van der Waals surface area (Å²) in [6.45, 7) is 2.14. The van der Waals surface area contributed by atoms with Crippen LogP contribution in [0, 0.1) is 11.3 Å². The van der Waals surface area contributed by atoms with Gasteiger partial charge in [-0.3, -0.25) is 0 Å². The summed E-state index contributed by atoms with van der Waals surface area (Å²) in [5, 5.41) is 8.80. The van der Waals surface area contributed by atoms with Gasteiger partial charge in [0.2, 0.25) is 0 Å².